The Morgan fingerprint density at radius 3 is 2.18 bits per heavy atom. The van der Waals surface area contributed by atoms with Gasteiger partial charge in [0.25, 0.3) is 5.91 Å². The number of carbonyl (C=O) groups excluding carboxylic acids is 3. The van der Waals surface area contributed by atoms with Crippen molar-refractivity contribution in [1.29, 1.82) is 0 Å². The molecule has 2 amide bonds. The fourth-order valence-electron chi connectivity index (χ4n) is 4.03. The predicted octanol–water partition coefficient (Wildman–Crippen LogP) is 1.96. The number of hydrogen-bond acceptors (Lipinski definition) is 8. The maximum Gasteiger partial charge on any atom is 0.254 e. The Bertz CT molecular complexity index is 866. The monoisotopic (exact) mass is 537 g/mol. The second-order valence-electron chi connectivity index (χ2n) is 10.4. The van der Waals surface area contributed by atoms with Crippen LogP contribution in [0.3, 0.4) is 0 Å². The number of aldehydes is 1. The lowest BCUT2D eigenvalue weighted by atomic mass is 9.96. The minimum Gasteiger partial charge on any atom is -0.378 e. The summed E-state index contributed by atoms with van der Waals surface area (Å²) < 4.78 is 21.6. The molecule has 0 spiro atoms. The fraction of sp³-hybridized carbons (Fsp3) is 0.679. The van der Waals surface area contributed by atoms with Crippen molar-refractivity contribution in [3.05, 3.63) is 34.9 Å². The third kappa shape index (κ3) is 11.6. The molecule has 216 valence electrons. The van der Waals surface area contributed by atoms with E-state index >= 15 is 0 Å². The van der Waals surface area contributed by atoms with Crippen LogP contribution in [0.25, 0.3) is 0 Å². The van der Waals surface area contributed by atoms with E-state index in [1.54, 1.807) is 37.3 Å². The lowest BCUT2D eigenvalue weighted by Gasteiger charge is -2.35. The Balaban J connectivity index is 3.28. The van der Waals surface area contributed by atoms with E-state index < -0.39 is 17.9 Å². The quantitative estimate of drug-likeness (QED) is 0.165. The highest BCUT2D eigenvalue weighted by molar-refractivity contribution is 5.98. The maximum absolute atomic E-state index is 13.9. The van der Waals surface area contributed by atoms with E-state index in [2.05, 4.69) is 5.32 Å². The highest BCUT2D eigenvalue weighted by atomic mass is 16.7. The summed E-state index contributed by atoms with van der Waals surface area (Å²) in [5.41, 5.74) is 6.91. The Labute approximate surface area is 227 Å². The second kappa shape index (κ2) is 17.3. The number of methoxy groups -OCH3 is 2. The van der Waals surface area contributed by atoms with Crippen LogP contribution in [0.15, 0.2) is 18.2 Å². The highest BCUT2D eigenvalue weighted by Gasteiger charge is 2.34. The van der Waals surface area contributed by atoms with Gasteiger partial charge in [0.1, 0.15) is 12.3 Å². The summed E-state index contributed by atoms with van der Waals surface area (Å²) >= 11 is 0. The number of nitrogens with one attached hydrogen (secondary N) is 1. The van der Waals surface area contributed by atoms with Crippen LogP contribution in [0, 0.1) is 5.92 Å². The van der Waals surface area contributed by atoms with Crippen molar-refractivity contribution < 1.29 is 33.3 Å². The predicted molar refractivity (Wildman–Crippen MR) is 146 cm³/mol. The van der Waals surface area contributed by atoms with Crippen LogP contribution in [-0.4, -0.2) is 94.6 Å². The molecule has 0 aromatic heterocycles. The topological polar surface area (TPSA) is 129 Å². The number of hydrogen-bond donors (Lipinski definition) is 2. The first-order valence-electron chi connectivity index (χ1n) is 13.1. The number of benzene rings is 1. The van der Waals surface area contributed by atoms with Gasteiger partial charge >= 0.3 is 0 Å². The first kappa shape index (κ1) is 33.7. The molecule has 3 N–H and O–H groups in total. The molecule has 1 aromatic rings. The molecule has 0 saturated heterocycles. The first-order chi connectivity index (χ1) is 18.0. The fourth-order valence-corrected chi connectivity index (χ4v) is 4.03. The van der Waals surface area contributed by atoms with Crippen LogP contribution in [0.2, 0.25) is 0 Å². The summed E-state index contributed by atoms with van der Waals surface area (Å²) in [6, 6.07) is 4.50. The Kier molecular flexibility index (Phi) is 15.3. The molecule has 0 heterocycles. The van der Waals surface area contributed by atoms with Gasteiger partial charge in [-0.05, 0) is 49.9 Å². The summed E-state index contributed by atoms with van der Waals surface area (Å²) in [6.45, 7) is 11.6. The van der Waals surface area contributed by atoms with Crippen molar-refractivity contribution in [3.8, 4) is 0 Å². The Morgan fingerprint density at radius 1 is 1.03 bits per heavy atom. The molecule has 1 aromatic carbocycles. The molecule has 1 atom stereocenters. The van der Waals surface area contributed by atoms with E-state index in [0.29, 0.717) is 43.9 Å². The number of nitrogens with zero attached hydrogens (tertiary/aromatic N) is 1. The molecule has 0 aliphatic heterocycles. The van der Waals surface area contributed by atoms with Gasteiger partial charge in [-0.15, -0.1) is 0 Å². The number of ether oxygens (including phenoxy) is 4. The molecule has 10 heteroatoms. The molecule has 0 aliphatic carbocycles. The van der Waals surface area contributed by atoms with Gasteiger partial charge in [0.2, 0.25) is 5.91 Å². The summed E-state index contributed by atoms with van der Waals surface area (Å²) in [7, 11) is 3.09. The van der Waals surface area contributed by atoms with Gasteiger partial charge < -0.3 is 39.7 Å². The van der Waals surface area contributed by atoms with Gasteiger partial charge in [-0.25, -0.2) is 0 Å². The zero-order valence-corrected chi connectivity index (χ0v) is 24.1. The third-order valence-corrected chi connectivity index (χ3v) is 5.77. The van der Waals surface area contributed by atoms with Gasteiger partial charge in [-0.1, -0.05) is 19.9 Å². The number of nitrogens with two attached hydrogens (primary N) is 1. The number of amides is 2. The minimum atomic E-state index is -0.723. The largest absolute Gasteiger partial charge is 0.378 e. The van der Waals surface area contributed by atoms with E-state index in [0.717, 1.165) is 11.8 Å². The molecule has 0 radical (unpaired) electrons. The van der Waals surface area contributed by atoms with Gasteiger partial charge in [0.15, 0.2) is 6.29 Å². The van der Waals surface area contributed by atoms with Crippen molar-refractivity contribution in [2.75, 3.05) is 53.7 Å². The Hall–Kier alpha value is -2.37. The van der Waals surface area contributed by atoms with Crippen LogP contribution in [0.4, 0.5) is 0 Å². The van der Waals surface area contributed by atoms with Crippen molar-refractivity contribution in [1.82, 2.24) is 10.2 Å². The lowest BCUT2D eigenvalue weighted by molar-refractivity contribution is -0.128. The van der Waals surface area contributed by atoms with Gasteiger partial charge in [0, 0.05) is 51.3 Å². The SMILES string of the molecule is COC(Cc1ccc(C(=O)N(CCOCCOCCN)C(C(=O)NC(C)(C)C)C(C)C)cc1CC=O)OC. The third-order valence-electron chi connectivity index (χ3n) is 5.77. The van der Waals surface area contributed by atoms with Crippen LogP contribution in [0.5, 0.6) is 0 Å². The summed E-state index contributed by atoms with van der Waals surface area (Å²) in [4.78, 5) is 40.2. The Morgan fingerprint density at radius 2 is 1.66 bits per heavy atom. The molecule has 38 heavy (non-hydrogen) atoms. The lowest BCUT2D eigenvalue weighted by Crippen LogP contribution is -2.56. The number of carbonyl (C=O) groups is 3. The molecule has 0 aliphatic rings. The minimum absolute atomic E-state index is 0.140. The standard InChI is InChI=1S/C28H47N3O7/c1-20(2)25(26(33)30-28(3,4)5)31(12-15-38-17-16-37-14-11-29)27(34)23-9-8-21(19-24(35-6)36-7)22(18-23)10-13-32/h8-9,13,18,20,24-25H,10-12,14-17,19,29H2,1-7H3,(H,30,33). The van der Waals surface area contributed by atoms with E-state index in [4.69, 9.17) is 24.7 Å². The van der Waals surface area contributed by atoms with Crippen LogP contribution in [-0.2, 0) is 41.4 Å². The van der Waals surface area contributed by atoms with Crippen LogP contribution >= 0.6 is 0 Å². The molecule has 0 fully saturated rings. The van der Waals surface area contributed by atoms with Crippen molar-refractivity contribution >= 4 is 18.1 Å². The van der Waals surface area contributed by atoms with Crippen molar-refractivity contribution in [2.24, 2.45) is 11.7 Å². The average molecular weight is 538 g/mol. The second-order valence-corrected chi connectivity index (χ2v) is 10.4. The van der Waals surface area contributed by atoms with Gasteiger partial charge in [-0.3, -0.25) is 9.59 Å². The molecule has 1 unspecified atom stereocenters. The first-order valence-corrected chi connectivity index (χ1v) is 13.1. The van der Waals surface area contributed by atoms with Crippen LogP contribution in [0.1, 0.15) is 56.1 Å². The molecule has 1 rings (SSSR count). The van der Waals surface area contributed by atoms with Crippen molar-refractivity contribution in [3.63, 3.8) is 0 Å². The zero-order valence-electron chi connectivity index (χ0n) is 24.1. The zero-order chi connectivity index (χ0) is 28.7. The van der Waals surface area contributed by atoms with Gasteiger partial charge in [-0.2, -0.15) is 0 Å². The molecular formula is C28H47N3O7. The maximum atomic E-state index is 13.9. The summed E-state index contributed by atoms with van der Waals surface area (Å²) in [5, 5.41) is 3.01. The van der Waals surface area contributed by atoms with Gasteiger partial charge in [0.05, 0.1) is 26.4 Å². The smallest absolute Gasteiger partial charge is 0.254 e. The molecule has 0 bridgehead atoms. The summed E-state index contributed by atoms with van der Waals surface area (Å²) in [6.07, 6.45) is 0.890. The molecule has 0 saturated carbocycles. The molecule has 10 nitrogen and oxygen atoms in total. The van der Waals surface area contributed by atoms with E-state index in [1.165, 1.54) is 0 Å². The van der Waals surface area contributed by atoms with Crippen molar-refractivity contribution in [2.45, 2.75) is 65.3 Å². The highest BCUT2D eigenvalue weighted by Crippen LogP contribution is 2.21. The van der Waals surface area contributed by atoms with E-state index in [9.17, 15) is 14.4 Å². The van der Waals surface area contributed by atoms with E-state index in [1.807, 2.05) is 34.6 Å². The normalized spacial score (nSPS) is 12.6. The number of rotatable bonds is 18. The summed E-state index contributed by atoms with van der Waals surface area (Å²) in [5.74, 6) is -0.712. The molecular weight excluding hydrogens is 490 g/mol. The van der Waals surface area contributed by atoms with E-state index in [-0.39, 0.29) is 37.3 Å². The van der Waals surface area contributed by atoms with Crippen LogP contribution < -0.4 is 11.1 Å². The average Bonchev–Trinajstić information content (AvgIpc) is 2.85.